The number of ether oxygens (including phenoxy) is 2. The lowest BCUT2D eigenvalue weighted by Crippen LogP contribution is -2.29. The minimum Gasteiger partial charge on any atom is -0.478 e. The van der Waals surface area contributed by atoms with E-state index in [9.17, 15) is 14.9 Å². The van der Waals surface area contributed by atoms with E-state index in [1.165, 1.54) is 18.2 Å². The highest BCUT2D eigenvalue weighted by Gasteiger charge is 2.21. The van der Waals surface area contributed by atoms with Crippen LogP contribution in [0.5, 0.6) is 5.75 Å². The van der Waals surface area contributed by atoms with Crippen LogP contribution in [0.3, 0.4) is 0 Å². The second-order valence-electron chi connectivity index (χ2n) is 4.35. The minimum absolute atomic E-state index is 0.0169. The number of nitrogens with zero attached hydrogens (tertiary/aromatic N) is 1. The molecule has 1 rings (SSSR count). The van der Waals surface area contributed by atoms with E-state index < -0.39 is 17.0 Å². The molecular formula is C14H20N2O5. The van der Waals surface area contributed by atoms with Gasteiger partial charge in [-0.3, -0.25) is 10.1 Å². The van der Waals surface area contributed by atoms with E-state index in [1.807, 2.05) is 6.92 Å². The van der Waals surface area contributed by atoms with Gasteiger partial charge in [-0.15, -0.1) is 0 Å². The summed E-state index contributed by atoms with van der Waals surface area (Å²) in [5, 5.41) is 13.7. The van der Waals surface area contributed by atoms with Crippen molar-refractivity contribution < 1.29 is 19.2 Å². The predicted molar refractivity (Wildman–Crippen MR) is 77.2 cm³/mol. The van der Waals surface area contributed by atoms with E-state index in [0.29, 0.717) is 24.3 Å². The maximum absolute atomic E-state index is 11.8. The van der Waals surface area contributed by atoms with Crippen molar-refractivity contribution in [2.24, 2.45) is 0 Å². The molecule has 0 spiro atoms. The molecule has 0 heterocycles. The maximum atomic E-state index is 11.8. The van der Waals surface area contributed by atoms with E-state index in [2.05, 4.69) is 5.32 Å². The highest BCUT2D eigenvalue weighted by Crippen LogP contribution is 2.25. The molecular weight excluding hydrogens is 276 g/mol. The summed E-state index contributed by atoms with van der Waals surface area (Å²) in [6, 6.07) is 4.29. The molecule has 0 aliphatic rings. The zero-order valence-electron chi connectivity index (χ0n) is 12.4. The number of esters is 1. The maximum Gasteiger partial charge on any atom is 0.347 e. The van der Waals surface area contributed by atoms with Crippen LogP contribution in [0.15, 0.2) is 18.2 Å². The molecule has 0 saturated heterocycles. The molecule has 1 aromatic rings. The molecule has 7 heteroatoms. The zero-order valence-corrected chi connectivity index (χ0v) is 12.4. The van der Waals surface area contributed by atoms with E-state index >= 15 is 0 Å². The Balaban J connectivity index is 2.99. The van der Waals surface area contributed by atoms with Gasteiger partial charge in [-0.1, -0.05) is 6.92 Å². The fraction of sp³-hybridized carbons (Fsp3) is 0.500. The molecule has 1 aromatic carbocycles. The predicted octanol–water partition coefficient (Wildman–Crippen LogP) is 2.03. The van der Waals surface area contributed by atoms with Gasteiger partial charge in [0.25, 0.3) is 5.69 Å². The second kappa shape index (κ2) is 8.21. The van der Waals surface area contributed by atoms with Crippen molar-refractivity contribution in [1.82, 2.24) is 5.32 Å². The number of nitro groups is 1. The van der Waals surface area contributed by atoms with E-state index in [0.717, 1.165) is 0 Å². The first-order chi connectivity index (χ1) is 10.0. The number of nitrogens with one attached hydrogen (secondary N) is 1. The molecule has 0 aromatic heterocycles. The lowest BCUT2D eigenvalue weighted by molar-refractivity contribution is -0.384. The molecule has 21 heavy (non-hydrogen) atoms. The fourth-order valence-electron chi connectivity index (χ4n) is 1.81. The SMILES string of the molecule is CCOC(=O)C(CC)Oc1ccc([N+](=O)[O-])cc1CNC. The molecule has 1 N–H and O–H groups in total. The first-order valence-electron chi connectivity index (χ1n) is 6.78. The Morgan fingerprint density at radius 2 is 2.14 bits per heavy atom. The Morgan fingerprint density at radius 3 is 2.67 bits per heavy atom. The van der Waals surface area contributed by atoms with Gasteiger partial charge in [0, 0.05) is 24.2 Å². The van der Waals surface area contributed by atoms with E-state index in [4.69, 9.17) is 9.47 Å². The quantitative estimate of drug-likeness (QED) is 0.448. The number of rotatable bonds is 8. The molecule has 0 fully saturated rings. The van der Waals surface area contributed by atoms with Crippen molar-refractivity contribution in [1.29, 1.82) is 0 Å². The van der Waals surface area contributed by atoms with Crippen LogP contribution >= 0.6 is 0 Å². The highest BCUT2D eigenvalue weighted by atomic mass is 16.6. The monoisotopic (exact) mass is 296 g/mol. The van der Waals surface area contributed by atoms with Crippen molar-refractivity contribution in [2.45, 2.75) is 32.9 Å². The van der Waals surface area contributed by atoms with Crippen LogP contribution in [0.4, 0.5) is 5.69 Å². The Labute approximate surface area is 123 Å². The summed E-state index contributed by atoms with van der Waals surface area (Å²) in [6.45, 7) is 4.21. The third-order valence-electron chi connectivity index (χ3n) is 2.81. The molecule has 116 valence electrons. The lowest BCUT2D eigenvalue weighted by Gasteiger charge is -2.18. The average molecular weight is 296 g/mol. The van der Waals surface area contributed by atoms with Crippen LogP contribution in [-0.4, -0.2) is 30.7 Å². The summed E-state index contributed by atoms with van der Waals surface area (Å²) < 4.78 is 10.6. The van der Waals surface area contributed by atoms with Gasteiger partial charge >= 0.3 is 5.97 Å². The van der Waals surface area contributed by atoms with Crippen LogP contribution < -0.4 is 10.1 Å². The van der Waals surface area contributed by atoms with Crippen molar-refractivity contribution in [2.75, 3.05) is 13.7 Å². The lowest BCUT2D eigenvalue weighted by atomic mass is 10.1. The van der Waals surface area contributed by atoms with Gasteiger partial charge in [0.05, 0.1) is 11.5 Å². The first kappa shape index (κ1) is 16.9. The first-order valence-corrected chi connectivity index (χ1v) is 6.78. The Hall–Kier alpha value is -2.15. The third kappa shape index (κ3) is 4.71. The van der Waals surface area contributed by atoms with Crippen molar-refractivity contribution in [3.8, 4) is 5.75 Å². The van der Waals surface area contributed by atoms with Crippen LogP contribution in [0, 0.1) is 10.1 Å². The molecule has 0 aliphatic heterocycles. The minimum atomic E-state index is -0.720. The summed E-state index contributed by atoms with van der Waals surface area (Å²) >= 11 is 0. The van der Waals surface area contributed by atoms with E-state index in [-0.39, 0.29) is 12.3 Å². The largest absolute Gasteiger partial charge is 0.478 e. The molecule has 1 unspecified atom stereocenters. The Kier molecular flexibility index (Phi) is 6.61. The second-order valence-corrected chi connectivity index (χ2v) is 4.35. The van der Waals surface area contributed by atoms with Gasteiger partial charge in [-0.25, -0.2) is 4.79 Å². The van der Waals surface area contributed by atoms with Crippen LogP contribution in [0.2, 0.25) is 0 Å². The summed E-state index contributed by atoms with van der Waals surface area (Å²) in [7, 11) is 1.73. The summed E-state index contributed by atoms with van der Waals surface area (Å²) in [5.74, 6) is 0.00335. The van der Waals surface area contributed by atoms with Crippen LogP contribution in [0.25, 0.3) is 0 Å². The standard InChI is InChI=1S/C14H20N2O5/c1-4-12(14(17)20-5-2)21-13-7-6-11(16(18)19)8-10(13)9-15-3/h6-8,12,15H,4-5,9H2,1-3H3. The van der Waals surface area contributed by atoms with Crippen molar-refractivity contribution >= 4 is 11.7 Å². The van der Waals surface area contributed by atoms with Gasteiger partial charge in [0.15, 0.2) is 6.10 Å². The molecule has 1 atom stereocenters. The average Bonchev–Trinajstić information content (AvgIpc) is 2.46. The normalized spacial score (nSPS) is 11.8. The van der Waals surface area contributed by atoms with Crippen LogP contribution in [-0.2, 0) is 16.1 Å². The van der Waals surface area contributed by atoms with Gasteiger partial charge in [-0.2, -0.15) is 0 Å². The third-order valence-corrected chi connectivity index (χ3v) is 2.81. The van der Waals surface area contributed by atoms with E-state index in [1.54, 1.807) is 14.0 Å². The van der Waals surface area contributed by atoms with Gasteiger partial charge in [-0.05, 0) is 26.5 Å². The smallest absolute Gasteiger partial charge is 0.347 e. The van der Waals surface area contributed by atoms with Gasteiger partial charge < -0.3 is 14.8 Å². The summed E-state index contributed by atoms with van der Waals surface area (Å²) in [6.07, 6.45) is -0.267. The molecule has 7 nitrogen and oxygen atoms in total. The van der Waals surface area contributed by atoms with Crippen molar-refractivity contribution in [3.63, 3.8) is 0 Å². The summed E-state index contributed by atoms with van der Waals surface area (Å²) in [5.41, 5.74) is 0.603. The number of benzene rings is 1. The molecule has 0 saturated carbocycles. The van der Waals surface area contributed by atoms with Gasteiger partial charge in [0.2, 0.25) is 0 Å². The number of nitro benzene ring substituents is 1. The fourth-order valence-corrected chi connectivity index (χ4v) is 1.81. The summed E-state index contributed by atoms with van der Waals surface area (Å²) in [4.78, 5) is 22.1. The van der Waals surface area contributed by atoms with Gasteiger partial charge in [0.1, 0.15) is 5.75 Å². The molecule has 0 radical (unpaired) electrons. The topological polar surface area (TPSA) is 90.7 Å². The zero-order chi connectivity index (χ0) is 15.8. The Bertz CT molecular complexity index is 504. The number of hydrogen-bond acceptors (Lipinski definition) is 6. The number of hydrogen-bond donors (Lipinski definition) is 1. The molecule has 0 bridgehead atoms. The number of carbonyl (C=O) groups excluding carboxylic acids is 1. The van der Waals surface area contributed by atoms with Crippen molar-refractivity contribution in [3.05, 3.63) is 33.9 Å². The number of non-ortho nitro benzene ring substituents is 1. The van der Waals surface area contributed by atoms with Crippen LogP contribution in [0.1, 0.15) is 25.8 Å². The molecule has 0 aliphatic carbocycles. The number of carbonyl (C=O) groups is 1. The highest BCUT2D eigenvalue weighted by molar-refractivity contribution is 5.75. The molecule has 0 amide bonds. The Morgan fingerprint density at radius 1 is 1.43 bits per heavy atom.